The van der Waals surface area contributed by atoms with Gasteiger partial charge in [-0.15, -0.1) is 0 Å². The van der Waals surface area contributed by atoms with Gasteiger partial charge in [0.1, 0.15) is 5.82 Å². The van der Waals surface area contributed by atoms with Crippen LogP contribution in [0.3, 0.4) is 0 Å². The predicted molar refractivity (Wildman–Crippen MR) is 100 cm³/mol. The molecule has 0 aliphatic heterocycles. The lowest BCUT2D eigenvalue weighted by Gasteiger charge is -2.09. The van der Waals surface area contributed by atoms with Gasteiger partial charge in [0.2, 0.25) is 0 Å². The van der Waals surface area contributed by atoms with E-state index in [1.165, 1.54) is 12.1 Å². The molecule has 0 bridgehead atoms. The SMILES string of the molecule is Cc1nn(C)c(C)c1NC(=S)Nc1cnn(Cc2ccc(F)cc2)c1. The molecule has 2 N–H and O–H groups in total. The van der Waals surface area contributed by atoms with E-state index in [1.54, 1.807) is 27.7 Å². The zero-order valence-electron chi connectivity index (χ0n) is 14.2. The quantitative estimate of drug-likeness (QED) is 0.701. The smallest absolute Gasteiger partial charge is 0.175 e. The number of hydrogen-bond acceptors (Lipinski definition) is 3. The van der Waals surface area contributed by atoms with E-state index in [2.05, 4.69) is 20.8 Å². The first-order chi connectivity index (χ1) is 11.9. The number of thiocarbonyl (C=S) groups is 1. The largest absolute Gasteiger partial charge is 0.330 e. The molecule has 0 amide bonds. The van der Waals surface area contributed by atoms with Crippen LogP contribution < -0.4 is 10.6 Å². The molecule has 25 heavy (non-hydrogen) atoms. The van der Waals surface area contributed by atoms with Crippen molar-refractivity contribution in [1.82, 2.24) is 19.6 Å². The maximum atomic E-state index is 13.0. The van der Waals surface area contributed by atoms with Crippen LogP contribution in [0.4, 0.5) is 15.8 Å². The lowest BCUT2D eigenvalue weighted by molar-refractivity contribution is 0.624. The molecule has 1 aromatic carbocycles. The third-order valence-corrected chi connectivity index (χ3v) is 4.10. The number of halogens is 1. The lowest BCUT2D eigenvalue weighted by atomic mass is 10.2. The van der Waals surface area contributed by atoms with Crippen molar-refractivity contribution in [3.63, 3.8) is 0 Å². The van der Waals surface area contributed by atoms with Gasteiger partial charge in [0.25, 0.3) is 0 Å². The predicted octanol–water partition coefficient (Wildman–Crippen LogP) is 3.23. The Bertz CT molecular complexity index is 897. The normalized spacial score (nSPS) is 10.7. The van der Waals surface area contributed by atoms with Gasteiger partial charge in [-0.05, 0) is 43.8 Å². The van der Waals surface area contributed by atoms with E-state index in [1.807, 2.05) is 27.1 Å². The van der Waals surface area contributed by atoms with E-state index in [-0.39, 0.29) is 5.82 Å². The van der Waals surface area contributed by atoms with Crippen molar-refractivity contribution in [2.24, 2.45) is 7.05 Å². The highest BCUT2D eigenvalue weighted by atomic mass is 32.1. The van der Waals surface area contributed by atoms with Crippen molar-refractivity contribution in [3.8, 4) is 0 Å². The number of hydrogen-bond donors (Lipinski definition) is 2. The molecule has 3 rings (SSSR count). The second-order valence-corrected chi connectivity index (χ2v) is 6.21. The van der Waals surface area contributed by atoms with Crippen LogP contribution in [-0.2, 0) is 13.6 Å². The Hall–Kier alpha value is -2.74. The highest BCUT2D eigenvalue weighted by Crippen LogP contribution is 2.19. The van der Waals surface area contributed by atoms with Gasteiger partial charge in [-0.2, -0.15) is 10.2 Å². The van der Waals surface area contributed by atoms with Crippen LogP contribution in [0.15, 0.2) is 36.7 Å². The first-order valence-electron chi connectivity index (χ1n) is 7.77. The minimum Gasteiger partial charge on any atom is -0.330 e. The number of rotatable bonds is 4. The van der Waals surface area contributed by atoms with E-state index in [9.17, 15) is 4.39 Å². The summed E-state index contributed by atoms with van der Waals surface area (Å²) < 4.78 is 16.5. The van der Waals surface area contributed by atoms with Crippen LogP contribution in [0.2, 0.25) is 0 Å². The molecule has 0 aliphatic rings. The minimum absolute atomic E-state index is 0.246. The Kier molecular flexibility index (Phi) is 4.80. The summed E-state index contributed by atoms with van der Waals surface area (Å²) in [5, 5.41) is 15.4. The summed E-state index contributed by atoms with van der Waals surface area (Å²) in [5.41, 5.74) is 4.54. The van der Waals surface area contributed by atoms with Crippen molar-refractivity contribution in [3.05, 3.63) is 59.4 Å². The van der Waals surface area contributed by atoms with Gasteiger partial charge in [-0.3, -0.25) is 9.36 Å². The number of aryl methyl sites for hydroxylation is 2. The van der Waals surface area contributed by atoms with Gasteiger partial charge in [0.15, 0.2) is 5.11 Å². The summed E-state index contributed by atoms with van der Waals surface area (Å²) in [7, 11) is 1.89. The summed E-state index contributed by atoms with van der Waals surface area (Å²) >= 11 is 5.36. The molecule has 2 heterocycles. The number of aromatic nitrogens is 4. The monoisotopic (exact) mass is 358 g/mol. The van der Waals surface area contributed by atoms with Gasteiger partial charge < -0.3 is 10.6 Å². The molecule has 0 saturated carbocycles. The number of nitrogens with one attached hydrogen (secondary N) is 2. The lowest BCUT2D eigenvalue weighted by Crippen LogP contribution is -2.19. The van der Waals surface area contributed by atoms with E-state index < -0.39 is 0 Å². The van der Waals surface area contributed by atoms with Gasteiger partial charge >= 0.3 is 0 Å². The van der Waals surface area contributed by atoms with Gasteiger partial charge in [-0.1, -0.05) is 12.1 Å². The molecule has 2 aromatic heterocycles. The fourth-order valence-electron chi connectivity index (χ4n) is 2.52. The number of nitrogens with zero attached hydrogens (tertiary/aromatic N) is 4. The first kappa shape index (κ1) is 17.1. The highest BCUT2D eigenvalue weighted by molar-refractivity contribution is 7.80. The van der Waals surface area contributed by atoms with Gasteiger partial charge in [-0.25, -0.2) is 4.39 Å². The number of benzene rings is 1. The average molecular weight is 358 g/mol. The van der Waals surface area contributed by atoms with E-state index in [0.717, 1.165) is 28.3 Å². The van der Waals surface area contributed by atoms with Gasteiger partial charge in [0, 0.05) is 13.2 Å². The summed E-state index contributed by atoms with van der Waals surface area (Å²) in [4.78, 5) is 0. The Morgan fingerprint density at radius 1 is 1.20 bits per heavy atom. The van der Waals surface area contributed by atoms with Crippen LogP contribution in [-0.4, -0.2) is 24.7 Å². The minimum atomic E-state index is -0.246. The molecule has 3 aromatic rings. The van der Waals surface area contributed by atoms with Crippen LogP contribution in [0.25, 0.3) is 0 Å². The van der Waals surface area contributed by atoms with E-state index >= 15 is 0 Å². The molecule has 130 valence electrons. The van der Waals surface area contributed by atoms with Crippen LogP contribution in [0.5, 0.6) is 0 Å². The number of anilines is 2. The molecule has 8 heteroatoms. The third kappa shape index (κ3) is 4.03. The topological polar surface area (TPSA) is 59.7 Å². The van der Waals surface area contributed by atoms with Crippen molar-refractivity contribution in [1.29, 1.82) is 0 Å². The zero-order valence-corrected chi connectivity index (χ0v) is 15.1. The highest BCUT2D eigenvalue weighted by Gasteiger charge is 2.11. The summed E-state index contributed by atoms with van der Waals surface area (Å²) in [6.07, 6.45) is 3.54. The molecule has 0 spiro atoms. The van der Waals surface area contributed by atoms with Crippen molar-refractivity contribution >= 4 is 28.7 Å². The molecule has 0 aliphatic carbocycles. The molecule has 6 nitrogen and oxygen atoms in total. The molecular weight excluding hydrogens is 339 g/mol. The Labute approximate surface area is 150 Å². The van der Waals surface area contributed by atoms with E-state index in [0.29, 0.717) is 11.7 Å². The fourth-order valence-corrected chi connectivity index (χ4v) is 2.74. The molecule has 0 saturated heterocycles. The van der Waals surface area contributed by atoms with Gasteiger partial charge in [0.05, 0.1) is 35.5 Å². The van der Waals surface area contributed by atoms with Crippen LogP contribution in [0.1, 0.15) is 17.0 Å². The Balaban J connectivity index is 1.62. The fraction of sp³-hybridized carbons (Fsp3) is 0.235. The molecule has 0 unspecified atom stereocenters. The summed E-state index contributed by atoms with van der Waals surface area (Å²) in [6, 6.07) is 6.36. The second kappa shape index (κ2) is 7.02. The molecule has 0 fully saturated rings. The summed E-state index contributed by atoms with van der Waals surface area (Å²) in [6.45, 7) is 4.47. The maximum absolute atomic E-state index is 13.0. The molecular formula is C17H19FN6S. The van der Waals surface area contributed by atoms with Crippen LogP contribution >= 0.6 is 12.2 Å². The standard InChI is InChI=1S/C17H19FN6S/c1-11-16(12(2)23(3)22-11)21-17(25)20-15-8-19-24(10-15)9-13-4-6-14(18)7-5-13/h4-8,10H,9H2,1-3H3,(H2,20,21,25). The maximum Gasteiger partial charge on any atom is 0.175 e. The molecule has 0 radical (unpaired) electrons. The van der Waals surface area contributed by atoms with E-state index in [4.69, 9.17) is 12.2 Å². The van der Waals surface area contributed by atoms with Crippen molar-refractivity contribution < 1.29 is 4.39 Å². The first-order valence-corrected chi connectivity index (χ1v) is 8.18. The zero-order chi connectivity index (χ0) is 18.0. The Morgan fingerprint density at radius 3 is 2.56 bits per heavy atom. The Morgan fingerprint density at radius 2 is 1.92 bits per heavy atom. The second-order valence-electron chi connectivity index (χ2n) is 5.80. The third-order valence-electron chi connectivity index (χ3n) is 3.90. The van der Waals surface area contributed by atoms with Crippen molar-refractivity contribution in [2.45, 2.75) is 20.4 Å². The molecule has 0 atom stereocenters. The van der Waals surface area contributed by atoms with Crippen LogP contribution in [0, 0.1) is 19.7 Å². The average Bonchev–Trinajstić information content (AvgIpc) is 3.09. The summed E-state index contributed by atoms with van der Waals surface area (Å²) in [5.74, 6) is -0.246. The van der Waals surface area contributed by atoms with Crippen molar-refractivity contribution in [2.75, 3.05) is 10.6 Å².